The van der Waals surface area contributed by atoms with E-state index in [-0.39, 0.29) is 30.8 Å². The zero-order valence-corrected chi connectivity index (χ0v) is 19.9. The predicted octanol–water partition coefficient (Wildman–Crippen LogP) is 3.93. The van der Waals surface area contributed by atoms with Gasteiger partial charge in [-0.2, -0.15) is 18.3 Å². The fourth-order valence-corrected chi connectivity index (χ4v) is 4.20. The Kier molecular flexibility index (Phi) is 7.90. The van der Waals surface area contributed by atoms with Gasteiger partial charge in [-0.25, -0.2) is 9.48 Å². The van der Waals surface area contributed by atoms with Crippen molar-refractivity contribution in [2.75, 3.05) is 26.2 Å². The molecule has 0 unspecified atom stereocenters. The molecule has 0 aliphatic carbocycles. The van der Waals surface area contributed by atoms with E-state index >= 15 is 0 Å². The standard InChI is InChI=1S/C26H26F3N5O3/c27-26(28,29)23-21(17-34(32-23)20-9-5-2-6-10-20)24(36)30-13-14-31-25(37)33-15-11-19(12-16-33)22(35)18-7-3-1-4-8-18/h1-10,17,19H,11-16H2,(H,30,36)(H,31,37). The smallest absolute Gasteiger partial charge is 0.350 e. The van der Waals surface area contributed by atoms with Gasteiger partial charge >= 0.3 is 12.2 Å². The molecule has 1 aromatic heterocycles. The summed E-state index contributed by atoms with van der Waals surface area (Å²) in [5.74, 6) is -1.02. The lowest BCUT2D eigenvalue weighted by atomic mass is 9.89. The van der Waals surface area contributed by atoms with E-state index in [0.717, 1.165) is 10.9 Å². The highest BCUT2D eigenvalue weighted by Crippen LogP contribution is 2.31. The third kappa shape index (κ3) is 6.35. The van der Waals surface area contributed by atoms with E-state index in [9.17, 15) is 27.6 Å². The number of urea groups is 1. The number of hydrogen-bond acceptors (Lipinski definition) is 4. The van der Waals surface area contributed by atoms with Crippen LogP contribution in [0.25, 0.3) is 5.69 Å². The van der Waals surface area contributed by atoms with E-state index < -0.39 is 23.3 Å². The molecule has 0 atom stereocenters. The van der Waals surface area contributed by atoms with Gasteiger partial charge in [-0.05, 0) is 25.0 Å². The molecule has 2 heterocycles. The molecule has 0 bridgehead atoms. The summed E-state index contributed by atoms with van der Waals surface area (Å²) >= 11 is 0. The van der Waals surface area contributed by atoms with Gasteiger partial charge in [-0.15, -0.1) is 0 Å². The predicted molar refractivity (Wildman–Crippen MR) is 129 cm³/mol. The van der Waals surface area contributed by atoms with Crippen LogP contribution in [0.5, 0.6) is 0 Å². The number of nitrogens with zero attached hydrogens (tertiary/aromatic N) is 3. The molecular weight excluding hydrogens is 487 g/mol. The van der Waals surface area contributed by atoms with Crippen LogP contribution in [0.3, 0.4) is 0 Å². The topological polar surface area (TPSA) is 96.3 Å². The third-order valence-corrected chi connectivity index (χ3v) is 6.15. The largest absolute Gasteiger partial charge is 0.435 e. The number of Topliss-reactive ketones (excluding diaryl/α,β-unsaturated/α-hetero) is 1. The Morgan fingerprint density at radius 2 is 1.49 bits per heavy atom. The number of carbonyl (C=O) groups is 3. The van der Waals surface area contributed by atoms with Gasteiger partial charge in [0.1, 0.15) is 0 Å². The summed E-state index contributed by atoms with van der Waals surface area (Å²) in [5, 5.41) is 8.62. The number of rotatable bonds is 7. The van der Waals surface area contributed by atoms with Gasteiger partial charge in [-0.1, -0.05) is 48.5 Å². The minimum absolute atomic E-state index is 0.0294. The molecule has 4 rings (SSSR count). The Morgan fingerprint density at radius 3 is 2.11 bits per heavy atom. The molecule has 3 amide bonds. The number of hydrogen-bond donors (Lipinski definition) is 2. The minimum atomic E-state index is -4.81. The summed E-state index contributed by atoms with van der Waals surface area (Å²) in [6, 6.07) is 16.8. The summed E-state index contributed by atoms with van der Waals surface area (Å²) < 4.78 is 41.4. The molecule has 2 aromatic carbocycles. The lowest BCUT2D eigenvalue weighted by molar-refractivity contribution is -0.141. The molecule has 1 saturated heterocycles. The first kappa shape index (κ1) is 25.9. The van der Waals surface area contributed by atoms with Crippen molar-refractivity contribution in [1.82, 2.24) is 25.3 Å². The quantitative estimate of drug-likeness (QED) is 0.370. The van der Waals surface area contributed by atoms with Crippen molar-refractivity contribution in [1.29, 1.82) is 0 Å². The number of para-hydroxylation sites is 1. The van der Waals surface area contributed by atoms with Crippen molar-refractivity contribution in [2.24, 2.45) is 5.92 Å². The molecule has 1 aliphatic rings. The molecular formula is C26H26F3N5O3. The molecule has 1 fully saturated rings. The Labute approximate surface area is 211 Å². The Bertz CT molecular complexity index is 1240. The van der Waals surface area contributed by atoms with E-state index in [4.69, 9.17) is 0 Å². The van der Waals surface area contributed by atoms with Crippen LogP contribution >= 0.6 is 0 Å². The summed E-state index contributed by atoms with van der Waals surface area (Å²) in [6.07, 6.45) is -2.69. The molecule has 11 heteroatoms. The number of alkyl halides is 3. The number of piperidine rings is 1. The van der Waals surface area contributed by atoms with Crippen LogP contribution in [0.2, 0.25) is 0 Å². The average molecular weight is 514 g/mol. The van der Waals surface area contributed by atoms with Crippen molar-refractivity contribution < 1.29 is 27.6 Å². The van der Waals surface area contributed by atoms with Gasteiger partial charge in [0.05, 0.1) is 11.3 Å². The van der Waals surface area contributed by atoms with Crippen LogP contribution in [-0.4, -0.2) is 58.6 Å². The molecule has 0 radical (unpaired) electrons. The first-order chi connectivity index (χ1) is 17.7. The lowest BCUT2D eigenvalue weighted by Gasteiger charge is -2.31. The number of amides is 3. The normalized spacial score (nSPS) is 14.3. The van der Waals surface area contributed by atoms with Gasteiger partial charge in [0, 0.05) is 43.9 Å². The third-order valence-electron chi connectivity index (χ3n) is 6.15. The maximum absolute atomic E-state index is 13.5. The number of carbonyl (C=O) groups excluding carboxylic acids is 3. The molecule has 1 aliphatic heterocycles. The minimum Gasteiger partial charge on any atom is -0.350 e. The van der Waals surface area contributed by atoms with E-state index in [1.165, 1.54) is 0 Å². The zero-order chi connectivity index (χ0) is 26.4. The van der Waals surface area contributed by atoms with Crippen LogP contribution in [0, 0.1) is 5.92 Å². The second-order valence-corrected chi connectivity index (χ2v) is 8.65. The fourth-order valence-electron chi connectivity index (χ4n) is 4.20. The maximum atomic E-state index is 13.5. The van der Waals surface area contributed by atoms with E-state index in [1.807, 2.05) is 18.2 Å². The molecule has 0 saturated carbocycles. The van der Waals surface area contributed by atoms with Gasteiger partial charge in [0.25, 0.3) is 5.91 Å². The van der Waals surface area contributed by atoms with Crippen molar-refractivity contribution in [2.45, 2.75) is 19.0 Å². The second-order valence-electron chi connectivity index (χ2n) is 8.65. The Morgan fingerprint density at radius 1 is 0.892 bits per heavy atom. The molecule has 3 aromatic rings. The SMILES string of the molecule is O=C(NCCNC(=O)N1CCC(C(=O)c2ccccc2)CC1)c1cn(-c2ccccc2)nc1C(F)(F)F. The van der Waals surface area contributed by atoms with Gasteiger partial charge in [-0.3, -0.25) is 9.59 Å². The van der Waals surface area contributed by atoms with Crippen LogP contribution in [0.1, 0.15) is 39.3 Å². The van der Waals surface area contributed by atoms with Crippen LogP contribution < -0.4 is 10.6 Å². The summed E-state index contributed by atoms with van der Waals surface area (Å²) in [6.45, 7) is 0.785. The Hall–Kier alpha value is -4.15. The number of nitrogens with one attached hydrogen (secondary N) is 2. The summed E-state index contributed by atoms with van der Waals surface area (Å²) in [4.78, 5) is 39.1. The van der Waals surface area contributed by atoms with Crippen molar-refractivity contribution in [3.8, 4) is 5.69 Å². The first-order valence-corrected chi connectivity index (χ1v) is 11.9. The summed E-state index contributed by atoms with van der Waals surface area (Å²) in [7, 11) is 0. The lowest BCUT2D eigenvalue weighted by Crippen LogP contribution is -2.47. The highest BCUT2D eigenvalue weighted by Gasteiger charge is 2.39. The van der Waals surface area contributed by atoms with E-state index in [2.05, 4.69) is 15.7 Å². The summed E-state index contributed by atoms with van der Waals surface area (Å²) in [5.41, 5.74) is -0.851. The van der Waals surface area contributed by atoms with Crippen molar-refractivity contribution in [3.63, 3.8) is 0 Å². The number of aromatic nitrogens is 2. The van der Waals surface area contributed by atoms with Crippen LogP contribution in [0.15, 0.2) is 66.9 Å². The van der Waals surface area contributed by atoms with Gasteiger partial charge in [0.2, 0.25) is 0 Å². The van der Waals surface area contributed by atoms with Gasteiger partial charge < -0.3 is 15.5 Å². The van der Waals surface area contributed by atoms with Crippen molar-refractivity contribution in [3.05, 3.63) is 83.7 Å². The molecule has 8 nitrogen and oxygen atoms in total. The van der Waals surface area contributed by atoms with E-state index in [0.29, 0.717) is 37.2 Å². The molecule has 194 valence electrons. The van der Waals surface area contributed by atoms with Crippen LogP contribution in [0.4, 0.5) is 18.0 Å². The number of ketones is 1. The number of likely N-dealkylation sites (tertiary alicyclic amines) is 1. The van der Waals surface area contributed by atoms with E-state index in [1.54, 1.807) is 47.4 Å². The highest BCUT2D eigenvalue weighted by molar-refractivity contribution is 5.98. The van der Waals surface area contributed by atoms with Crippen LogP contribution in [-0.2, 0) is 6.18 Å². The number of halogens is 3. The maximum Gasteiger partial charge on any atom is 0.435 e. The Balaban J connectivity index is 1.26. The zero-order valence-electron chi connectivity index (χ0n) is 19.9. The van der Waals surface area contributed by atoms with Crippen molar-refractivity contribution >= 4 is 17.7 Å². The molecule has 37 heavy (non-hydrogen) atoms. The highest BCUT2D eigenvalue weighted by atomic mass is 19.4. The fraction of sp³-hybridized carbons (Fsp3) is 0.308. The second kappa shape index (κ2) is 11.3. The molecule has 0 spiro atoms. The number of benzene rings is 2. The van der Waals surface area contributed by atoms with Gasteiger partial charge in [0.15, 0.2) is 11.5 Å². The average Bonchev–Trinajstić information content (AvgIpc) is 3.38. The first-order valence-electron chi connectivity index (χ1n) is 11.9. The molecule has 2 N–H and O–H groups in total. The monoisotopic (exact) mass is 513 g/mol.